The molecule has 0 spiro atoms. The Balaban J connectivity index is 0.000000597. The zero-order valence-electron chi connectivity index (χ0n) is 20.8. The van der Waals surface area contributed by atoms with Gasteiger partial charge in [0.15, 0.2) is 0 Å². The Bertz CT molecular complexity index is 1140. The number of aliphatic hydroxyl groups excluding tert-OH is 1. The smallest absolute Gasteiger partial charge is 0.130 e. The molecule has 0 radical (unpaired) electrons. The Labute approximate surface area is 199 Å². The number of benzene rings is 3. The van der Waals surface area contributed by atoms with Gasteiger partial charge in [-0.25, -0.2) is 4.98 Å². The minimum atomic E-state index is -0.604. The maximum Gasteiger partial charge on any atom is 0.130 e. The minimum absolute atomic E-state index is 0.399. The van der Waals surface area contributed by atoms with E-state index in [0.717, 1.165) is 45.5 Å². The molecule has 1 heterocycles. The van der Waals surface area contributed by atoms with E-state index < -0.39 is 6.10 Å². The predicted octanol–water partition coefficient (Wildman–Crippen LogP) is 7.88. The molecule has 1 aliphatic carbocycles. The highest BCUT2D eigenvalue weighted by Gasteiger charge is 2.23. The predicted molar refractivity (Wildman–Crippen MR) is 140 cm³/mol. The van der Waals surface area contributed by atoms with Crippen molar-refractivity contribution in [3.8, 4) is 5.75 Å². The zero-order valence-corrected chi connectivity index (χ0v) is 20.8. The summed E-state index contributed by atoms with van der Waals surface area (Å²) in [5, 5.41) is 11.9. The highest BCUT2D eigenvalue weighted by atomic mass is 16.5. The van der Waals surface area contributed by atoms with Crippen molar-refractivity contribution in [2.45, 2.75) is 60.7 Å². The number of aliphatic hydroxyl groups is 1. The Hall–Kier alpha value is -3.17. The Morgan fingerprint density at radius 2 is 1.42 bits per heavy atom. The van der Waals surface area contributed by atoms with Crippen molar-refractivity contribution in [3.63, 3.8) is 0 Å². The molecule has 0 aliphatic heterocycles. The van der Waals surface area contributed by atoms with Gasteiger partial charge in [-0.1, -0.05) is 96.1 Å². The third-order valence-electron chi connectivity index (χ3n) is 5.19. The number of hydrogen-bond acceptors (Lipinski definition) is 3. The fourth-order valence-corrected chi connectivity index (χ4v) is 3.76. The summed E-state index contributed by atoms with van der Waals surface area (Å²) in [5.74, 6) is 0.752. The first-order chi connectivity index (χ1) is 16.3. The second-order valence-corrected chi connectivity index (χ2v) is 6.92. The van der Waals surface area contributed by atoms with Crippen LogP contribution in [-0.4, -0.2) is 10.1 Å². The number of aromatic nitrogens is 1. The number of para-hydroxylation sites is 1. The number of ether oxygens (including phenoxy) is 1. The van der Waals surface area contributed by atoms with Gasteiger partial charge >= 0.3 is 0 Å². The van der Waals surface area contributed by atoms with Gasteiger partial charge in [0.05, 0.1) is 11.2 Å². The van der Waals surface area contributed by atoms with Crippen LogP contribution in [0.4, 0.5) is 0 Å². The van der Waals surface area contributed by atoms with Crippen LogP contribution in [0.3, 0.4) is 0 Å². The average Bonchev–Trinajstić information content (AvgIpc) is 2.91. The number of pyridine rings is 1. The highest BCUT2D eigenvalue weighted by Crippen LogP contribution is 2.36. The molecular formula is C30H37NO2. The largest absolute Gasteiger partial charge is 0.487 e. The molecule has 3 heteroatoms. The molecule has 0 amide bonds. The van der Waals surface area contributed by atoms with Gasteiger partial charge in [0, 0.05) is 5.39 Å². The quantitative estimate of drug-likeness (QED) is 0.350. The average molecular weight is 444 g/mol. The molecule has 1 aliphatic rings. The van der Waals surface area contributed by atoms with Gasteiger partial charge < -0.3 is 9.84 Å². The lowest BCUT2D eigenvalue weighted by Gasteiger charge is -2.25. The summed E-state index contributed by atoms with van der Waals surface area (Å²) < 4.78 is 5.97. The van der Waals surface area contributed by atoms with Gasteiger partial charge in [0.25, 0.3) is 0 Å². The van der Waals surface area contributed by atoms with Crippen molar-refractivity contribution in [2.75, 3.05) is 0 Å². The minimum Gasteiger partial charge on any atom is -0.487 e. The zero-order chi connectivity index (χ0) is 24.2. The molecule has 5 rings (SSSR count). The molecule has 1 aromatic heterocycles. The first-order valence-electron chi connectivity index (χ1n) is 12.1. The lowest BCUT2D eigenvalue weighted by atomic mass is 9.84. The van der Waals surface area contributed by atoms with Crippen LogP contribution >= 0.6 is 0 Å². The highest BCUT2D eigenvalue weighted by molar-refractivity contribution is 5.78. The molecule has 1 atom stereocenters. The Morgan fingerprint density at radius 3 is 2.21 bits per heavy atom. The number of rotatable bonds is 3. The maximum absolute atomic E-state index is 10.8. The Morgan fingerprint density at radius 1 is 0.758 bits per heavy atom. The third-order valence-corrected chi connectivity index (χ3v) is 5.19. The second kappa shape index (κ2) is 13.4. The van der Waals surface area contributed by atoms with Crippen molar-refractivity contribution in [3.05, 3.63) is 107 Å². The normalized spacial score (nSPS) is 13.0. The number of nitrogens with zero attached hydrogens (tertiary/aromatic N) is 1. The first kappa shape index (κ1) is 26.1. The molecule has 174 valence electrons. The molecule has 3 nitrogen and oxygen atoms in total. The molecule has 0 fully saturated rings. The van der Waals surface area contributed by atoms with Crippen LogP contribution in [0.1, 0.15) is 75.6 Å². The van der Waals surface area contributed by atoms with Crippen LogP contribution in [0.5, 0.6) is 5.75 Å². The lowest BCUT2D eigenvalue weighted by molar-refractivity contribution is 0.214. The summed E-state index contributed by atoms with van der Waals surface area (Å²) in [5.41, 5.74) is 6.10. The topological polar surface area (TPSA) is 42.4 Å². The van der Waals surface area contributed by atoms with Crippen molar-refractivity contribution in [2.24, 2.45) is 0 Å². The van der Waals surface area contributed by atoms with E-state index in [1.165, 1.54) is 5.56 Å². The van der Waals surface area contributed by atoms with E-state index in [4.69, 9.17) is 4.74 Å². The third kappa shape index (κ3) is 6.21. The van der Waals surface area contributed by atoms with Gasteiger partial charge in [-0.3, -0.25) is 0 Å². The molecule has 3 aromatic carbocycles. The molecule has 0 saturated carbocycles. The summed E-state index contributed by atoms with van der Waals surface area (Å²) in [4.78, 5) is 4.65. The van der Waals surface area contributed by atoms with Gasteiger partial charge in [-0.2, -0.15) is 0 Å². The van der Waals surface area contributed by atoms with Crippen molar-refractivity contribution in [1.29, 1.82) is 0 Å². The van der Waals surface area contributed by atoms with Crippen LogP contribution in [0.2, 0.25) is 0 Å². The number of hydrogen-bond donors (Lipinski definition) is 1. The molecule has 1 unspecified atom stereocenters. The van der Waals surface area contributed by atoms with Gasteiger partial charge in [0.2, 0.25) is 0 Å². The van der Waals surface area contributed by atoms with E-state index in [1.807, 2.05) is 96.1 Å². The van der Waals surface area contributed by atoms with E-state index in [-0.39, 0.29) is 0 Å². The van der Waals surface area contributed by atoms with Gasteiger partial charge in [0.1, 0.15) is 18.5 Å². The monoisotopic (exact) mass is 443 g/mol. The first-order valence-corrected chi connectivity index (χ1v) is 12.1. The maximum atomic E-state index is 10.8. The number of fused-ring (bicyclic) bond motifs is 3. The molecule has 1 N–H and O–H groups in total. The van der Waals surface area contributed by atoms with Crippen LogP contribution < -0.4 is 4.74 Å². The lowest BCUT2D eigenvalue weighted by Crippen LogP contribution is -2.13. The molecule has 4 aromatic rings. The van der Waals surface area contributed by atoms with E-state index in [2.05, 4.69) is 29.2 Å². The van der Waals surface area contributed by atoms with Gasteiger partial charge in [-0.05, 0) is 52.9 Å². The summed E-state index contributed by atoms with van der Waals surface area (Å²) in [7, 11) is 0. The van der Waals surface area contributed by atoms with E-state index in [1.54, 1.807) is 0 Å². The van der Waals surface area contributed by atoms with E-state index >= 15 is 0 Å². The summed E-state index contributed by atoms with van der Waals surface area (Å²) in [6.45, 7) is 12.4. The second-order valence-electron chi connectivity index (χ2n) is 6.92. The van der Waals surface area contributed by atoms with E-state index in [9.17, 15) is 5.11 Å². The summed E-state index contributed by atoms with van der Waals surface area (Å²) >= 11 is 0. The molecule has 33 heavy (non-hydrogen) atoms. The molecule has 0 saturated heterocycles. The summed E-state index contributed by atoms with van der Waals surface area (Å²) in [6.07, 6.45) is 0.238. The SMILES string of the molecule is CC.CC.CC.OC1c2ccccc2Cc2ccc(OCc3ccc4ccccc4n3)cc21. The van der Waals surface area contributed by atoms with Crippen LogP contribution in [-0.2, 0) is 13.0 Å². The standard InChI is InChI=1S/C24H19NO2.3C2H6/c26-24-21-7-3-1-6-17(21)13-18-10-12-20(14-22(18)24)27-15-19-11-9-16-5-2-4-8-23(16)25-19;3*1-2/h1-12,14,24,26H,13,15H2;3*1-2H3. The fraction of sp³-hybridized carbons (Fsp3) is 0.300. The molecule has 0 bridgehead atoms. The van der Waals surface area contributed by atoms with Crippen molar-refractivity contribution in [1.82, 2.24) is 4.98 Å². The van der Waals surface area contributed by atoms with Crippen LogP contribution in [0.25, 0.3) is 10.9 Å². The van der Waals surface area contributed by atoms with Crippen molar-refractivity contribution < 1.29 is 9.84 Å². The van der Waals surface area contributed by atoms with Gasteiger partial charge in [-0.15, -0.1) is 0 Å². The fourth-order valence-electron chi connectivity index (χ4n) is 3.76. The molecular weight excluding hydrogens is 406 g/mol. The van der Waals surface area contributed by atoms with Crippen molar-refractivity contribution >= 4 is 10.9 Å². The van der Waals surface area contributed by atoms with Crippen LogP contribution in [0, 0.1) is 0 Å². The Kier molecular flexibility index (Phi) is 10.6. The summed E-state index contributed by atoms with van der Waals surface area (Å²) in [6, 6.07) is 26.2. The van der Waals surface area contributed by atoms with Crippen LogP contribution in [0.15, 0.2) is 78.9 Å². The van der Waals surface area contributed by atoms with E-state index in [0.29, 0.717) is 6.61 Å².